The van der Waals surface area contributed by atoms with Crippen molar-refractivity contribution in [3.05, 3.63) is 35.1 Å². The van der Waals surface area contributed by atoms with Gasteiger partial charge in [-0.3, -0.25) is 4.90 Å². The zero-order chi connectivity index (χ0) is 17.0. The summed E-state index contributed by atoms with van der Waals surface area (Å²) < 4.78 is 53.4. The van der Waals surface area contributed by atoms with Gasteiger partial charge in [-0.05, 0) is 30.5 Å². The SMILES string of the molecule is CCCC(C)[C@@H](c1cc(C(F)(F)F)ccc1F)N1CCNCC1.Cl. The summed E-state index contributed by atoms with van der Waals surface area (Å²) in [6.45, 7) is 7.01. The van der Waals surface area contributed by atoms with Crippen LogP contribution in [0.4, 0.5) is 17.6 Å². The summed E-state index contributed by atoms with van der Waals surface area (Å²) in [4.78, 5) is 2.11. The van der Waals surface area contributed by atoms with Gasteiger partial charge in [-0.1, -0.05) is 20.3 Å². The third-order valence-electron chi connectivity index (χ3n) is 4.47. The molecule has 7 heteroatoms. The third kappa shape index (κ3) is 5.07. The van der Waals surface area contributed by atoms with Gasteiger partial charge in [-0.25, -0.2) is 4.39 Å². The summed E-state index contributed by atoms with van der Waals surface area (Å²) in [5, 5.41) is 3.23. The molecule has 0 aliphatic carbocycles. The molecule has 1 fully saturated rings. The van der Waals surface area contributed by atoms with Crippen molar-refractivity contribution in [1.29, 1.82) is 0 Å². The van der Waals surface area contributed by atoms with Gasteiger partial charge < -0.3 is 5.32 Å². The Labute approximate surface area is 147 Å². The Morgan fingerprint density at radius 1 is 1.21 bits per heavy atom. The van der Waals surface area contributed by atoms with Gasteiger partial charge >= 0.3 is 6.18 Å². The minimum absolute atomic E-state index is 0. The fourth-order valence-electron chi connectivity index (χ4n) is 3.38. The molecule has 1 aliphatic heterocycles. The average molecular weight is 369 g/mol. The van der Waals surface area contributed by atoms with Gasteiger partial charge in [0.05, 0.1) is 5.56 Å². The number of benzene rings is 1. The van der Waals surface area contributed by atoms with E-state index in [1.165, 1.54) is 0 Å². The molecule has 2 nitrogen and oxygen atoms in total. The Morgan fingerprint density at radius 2 is 1.83 bits per heavy atom. The summed E-state index contributed by atoms with van der Waals surface area (Å²) in [7, 11) is 0. The van der Waals surface area contributed by atoms with E-state index in [4.69, 9.17) is 0 Å². The smallest absolute Gasteiger partial charge is 0.314 e. The highest BCUT2D eigenvalue weighted by atomic mass is 35.5. The lowest BCUT2D eigenvalue weighted by Gasteiger charge is -2.39. The van der Waals surface area contributed by atoms with E-state index < -0.39 is 17.6 Å². The van der Waals surface area contributed by atoms with Crippen molar-refractivity contribution >= 4 is 12.4 Å². The van der Waals surface area contributed by atoms with Crippen LogP contribution < -0.4 is 5.32 Å². The Balaban J connectivity index is 0.00000288. The minimum atomic E-state index is -4.45. The first-order chi connectivity index (χ1) is 10.8. The van der Waals surface area contributed by atoms with E-state index in [1.807, 2.05) is 13.8 Å². The molecule has 1 N–H and O–H groups in total. The van der Waals surface area contributed by atoms with E-state index in [-0.39, 0.29) is 29.9 Å². The monoisotopic (exact) mass is 368 g/mol. The van der Waals surface area contributed by atoms with Gasteiger partial charge in [0.25, 0.3) is 0 Å². The van der Waals surface area contributed by atoms with Crippen molar-refractivity contribution in [2.75, 3.05) is 26.2 Å². The number of piperazine rings is 1. The first-order valence-corrected chi connectivity index (χ1v) is 8.16. The van der Waals surface area contributed by atoms with Crippen molar-refractivity contribution in [3.8, 4) is 0 Å². The minimum Gasteiger partial charge on any atom is -0.314 e. The summed E-state index contributed by atoms with van der Waals surface area (Å²) in [6, 6.07) is 2.44. The predicted molar refractivity (Wildman–Crippen MR) is 89.9 cm³/mol. The van der Waals surface area contributed by atoms with Crippen LogP contribution in [0.15, 0.2) is 18.2 Å². The normalized spacial score (nSPS) is 18.8. The van der Waals surface area contributed by atoms with Crippen LogP contribution in [0.25, 0.3) is 0 Å². The number of hydrogen-bond donors (Lipinski definition) is 1. The van der Waals surface area contributed by atoms with Crippen LogP contribution in [0.1, 0.15) is 43.9 Å². The van der Waals surface area contributed by atoms with Crippen molar-refractivity contribution < 1.29 is 17.6 Å². The van der Waals surface area contributed by atoms with Crippen molar-refractivity contribution in [3.63, 3.8) is 0 Å². The van der Waals surface area contributed by atoms with Crippen LogP contribution in [0.2, 0.25) is 0 Å². The zero-order valence-corrected chi connectivity index (χ0v) is 14.8. The largest absolute Gasteiger partial charge is 0.416 e. The molecular weight excluding hydrogens is 344 g/mol. The Morgan fingerprint density at radius 3 is 2.38 bits per heavy atom. The Kier molecular flexibility index (Phi) is 7.96. The average Bonchev–Trinajstić information content (AvgIpc) is 2.49. The van der Waals surface area contributed by atoms with Gasteiger partial charge in [0.15, 0.2) is 0 Å². The molecule has 0 aromatic heterocycles. The summed E-state index contributed by atoms with van der Waals surface area (Å²) in [5.41, 5.74) is -0.611. The maximum absolute atomic E-state index is 14.4. The second-order valence-electron chi connectivity index (χ2n) is 6.23. The van der Waals surface area contributed by atoms with Crippen molar-refractivity contribution in [2.24, 2.45) is 5.92 Å². The Hall–Kier alpha value is -0.850. The Bertz CT molecular complexity index is 516. The molecule has 1 aromatic rings. The van der Waals surface area contributed by atoms with Crippen LogP contribution in [0.3, 0.4) is 0 Å². The lowest BCUT2D eigenvalue weighted by molar-refractivity contribution is -0.137. The topological polar surface area (TPSA) is 15.3 Å². The molecule has 2 rings (SSSR count). The number of halogens is 5. The second kappa shape index (κ2) is 9.02. The first kappa shape index (κ1) is 21.2. The molecule has 2 atom stereocenters. The van der Waals surface area contributed by atoms with Crippen LogP contribution in [-0.4, -0.2) is 31.1 Å². The quantitative estimate of drug-likeness (QED) is 0.761. The first-order valence-electron chi connectivity index (χ1n) is 8.16. The lowest BCUT2D eigenvalue weighted by atomic mass is 9.88. The molecule has 1 saturated heterocycles. The molecular formula is C17H25ClF4N2. The number of alkyl halides is 3. The number of rotatable bonds is 5. The van der Waals surface area contributed by atoms with Gasteiger partial charge in [-0.15, -0.1) is 12.4 Å². The van der Waals surface area contributed by atoms with Crippen LogP contribution in [0, 0.1) is 11.7 Å². The fraction of sp³-hybridized carbons (Fsp3) is 0.647. The van der Waals surface area contributed by atoms with Crippen molar-refractivity contribution in [2.45, 2.75) is 38.9 Å². The van der Waals surface area contributed by atoms with Crippen LogP contribution in [0.5, 0.6) is 0 Å². The molecule has 1 heterocycles. The van der Waals surface area contributed by atoms with E-state index in [2.05, 4.69) is 10.2 Å². The lowest BCUT2D eigenvalue weighted by Crippen LogP contribution is -2.46. The maximum Gasteiger partial charge on any atom is 0.416 e. The molecule has 0 saturated carbocycles. The van der Waals surface area contributed by atoms with E-state index in [1.54, 1.807) is 0 Å². The second-order valence-corrected chi connectivity index (χ2v) is 6.23. The van der Waals surface area contributed by atoms with Crippen LogP contribution >= 0.6 is 12.4 Å². The summed E-state index contributed by atoms with van der Waals surface area (Å²) in [5.74, 6) is -0.458. The number of nitrogens with one attached hydrogen (secondary N) is 1. The van der Waals surface area contributed by atoms with Gasteiger partial charge in [0, 0.05) is 37.8 Å². The molecule has 24 heavy (non-hydrogen) atoms. The molecule has 0 radical (unpaired) electrons. The highest BCUT2D eigenvalue weighted by Gasteiger charge is 2.34. The predicted octanol–water partition coefficient (Wildman–Crippen LogP) is 4.65. The molecule has 1 unspecified atom stereocenters. The fourth-order valence-corrected chi connectivity index (χ4v) is 3.38. The summed E-state index contributed by atoms with van der Waals surface area (Å²) in [6.07, 6.45) is -2.68. The molecule has 0 bridgehead atoms. The maximum atomic E-state index is 14.4. The van der Waals surface area contributed by atoms with E-state index >= 15 is 0 Å². The number of hydrogen-bond acceptors (Lipinski definition) is 2. The van der Waals surface area contributed by atoms with Crippen molar-refractivity contribution in [1.82, 2.24) is 10.2 Å². The van der Waals surface area contributed by atoms with Gasteiger partial charge in [0.1, 0.15) is 5.82 Å². The zero-order valence-electron chi connectivity index (χ0n) is 14.0. The molecule has 138 valence electrons. The standard InChI is InChI=1S/C17H24F4N2.ClH/c1-3-4-12(2)16(23-9-7-22-8-10-23)14-11-13(17(19,20)21)5-6-15(14)18;/h5-6,11-12,16,22H,3-4,7-10H2,1-2H3;1H/t12?,16-;/m0./s1. The number of nitrogens with zero attached hydrogens (tertiary/aromatic N) is 1. The highest BCUT2D eigenvalue weighted by molar-refractivity contribution is 5.85. The van der Waals surface area contributed by atoms with E-state index in [9.17, 15) is 17.6 Å². The summed E-state index contributed by atoms with van der Waals surface area (Å²) >= 11 is 0. The van der Waals surface area contributed by atoms with Gasteiger partial charge in [0.2, 0.25) is 0 Å². The van der Waals surface area contributed by atoms with Crippen LogP contribution in [-0.2, 0) is 6.18 Å². The van der Waals surface area contributed by atoms with E-state index in [0.29, 0.717) is 13.1 Å². The van der Waals surface area contributed by atoms with Gasteiger partial charge in [-0.2, -0.15) is 13.2 Å². The molecule has 0 amide bonds. The molecule has 1 aromatic carbocycles. The highest BCUT2D eigenvalue weighted by Crippen LogP contribution is 2.37. The third-order valence-corrected chi connectivity index (χ3v) is 4.47. The van der Waals surface area contributed by atoms with E-state index in [0.717, 1.165) is 44.1 Å². The molecule has 0 spiro atoms. The molecule has 1 aliphatic rings.